The van der Waals surface area contributed by atoms with Crippen molar-refractivity contribution < 1.29 is 18.7 Å². The zero-order chi connectivity index (χ0) is 18.0. The third-order valence-electron chi connectivity index (χ3n) is 4.08. The molecule has 1 aliphatic rings. The number of carbonyl (C=O) groups excluding carboxylic acids is 2. The molecule has 2 aromatic rings. The fraction of sp³-hybridized carbons (Fsp3) is 0.375. The van der Waals surface area contributed by atoms with Crippen LogP contribution in [-0.4, -0.2) is 41.1 Å². The number of anilines is 1. The molecule has 3 rings (SSSR count). The van der Waals surface area contributed by atoms with Crippen LogP contribution in [0.15, 0.2) is 24.3 Å². The van der Waals surface area contributed by atoms with E-state index in [-0.39, 0.29) is 18.2 Å². The van der Waals surface area contributed by atoms with Crippen LogP contribution in [0.3, 0.4) is 0 Å². The second kappa shape index (κ2) is 7.24. The zero-order valence-corrected chi connectivity index (χ0v) is 14.5. The summed E-state index contributed by atoms with van der Waals surface area (Å²) in [5.41, 5.74) is 0.589. The van der Waals surface area contributed by atoms with E-state index in [2.05, 4.69) is 15.5 Å². The van der Waals surface area contributed by atoms with Crippen molar-refractivity contribution in [1.29, 1.82) is 0 Å². The third kappa shape index (κ3) is 3.67. The van der Waals surface area contributed by atoms with Crippen LogP contribution in [0.4, 0.5) is 9.52 Å². The molecule has 0 saturated carbocycles. The largest absolute Gasteiger partial charge is 0.377 e. The molecule has 1 fully saturated rings. The fourth-order valence-corrected chi connectivity index (χ4v) is 3.65. The van der Waals surface area contributed by atoms with Gasteiger partial charge in [-0.1, -0.05) is 23.5 Å². The Balaban J connectivity index is 1.80. The van der Waals surface area contributed by atoms with Crippen molar-refractivity contribution in [3.05, 3.63) is 40.7 Å². The highest BCUT2D eigenvalue weighted by Crippen LogP contribution is 2.38. The Hall–Kier alpha value is -2.39. The van der Waals surface area contributed by atoms with Gasteiger partial charge in [-0.3, -0.25) is 9.59 Å². The van der Waals surface area contributed by atoms with Gasteiger partial charge in [0.1, 0.15) is 17.4 Å². The molecule has 0 bridgehead atoms. The van der Waals surface area contributed by atoms with E-state index in [1.54, 1.807) is 26.3 Å². The predicted octanol–water partition coefficient (Wildman–Crippen LogP) is 1.98. The summed E-state index contributed by atoms with van der Waals surface area (Å²) in [6.45, 7) is 0.310. The van der Waals surface area contributed by atoms with E-state index in [9.17, 15) is 14.0 Å². The van der Waals surface area contributed by atoms with Gasteiger partial charge in [-0.2, -0.15) is 0 Å². The number of halogens is 1. The number of ether oxygens (including phenoxy) is 1. The number of nitrogens with one attached hydrogen (secondary N) is 1. The molecule has 1 aliphatic heterocycles. The van der Waals surface area contributed by atoms with Gasteiger partial charge in [0.15, 0.2) is 0 Å². The summed E-state index contributed by atoms with van der Waals surface area (Å²) in [6, 6.07) is 5.44. The van der Waals surface area contributed by atoms with Crippen LogP contribution in [0.5, 0.6) is 0 Å². The zero-order valence-electron chi connectivity index (χ0n) is 13.7. The molecule has 0 radical (unpaired) electrons. The van der Waals surface area contributed by atoms with Crippen LogP contribution in [-0.2, 0) is 20.9 Å². The summed E-state index contributed by atoms with van der Waals surface area (Å²) in [4.78, 5) is 26.3. The van der Waals surface area contributed by atoms with Crippen molar-refractivity contribution in [1.82, 2.24) is 15.1 Å². The lowest BCUT2D eigenvalue weighted by molar-refractivity contribution is -0.128. The van der Waals surface area contributed by atoms with Crippen LogP contribution in [0, 0.1) is 11.7 Å². The Morgan fingerprint density at radius 3 is 3.00 bits per heavy atom. The highest BCUT2D eigenvalue weighted by molar-refractivity contribution is 7.15. The average molecular weight is 364 g/mol. The summed E-state index contributed by atoms with van der Waals surface area (Å²) < 4.78 is 18.5. The van der Waals surface area contributed by atoms with Gasteiger partial charge in [-0.05, 0) is 17.7 Å². The van der Waals surface area contributed by atoms with Crippen LogP contribution in [0.1, 0.15) is 23.0 Å². The topological polar surface area (TPSA) is 84.4 Å². The molecular weight excluding hydrogens is 347 g/mol. The summed E-state index contributed by atoms with van der Waals surface area (Å²) in [5.74, 6) is -1.54. The first-order valence-electron chi connectivity index (χ1n) is 7.63. The van der Waals surface area contributed by atoms with Crippen molar-refractivity contribution in [2.24, 2.45) is 5.92 Å². The van der Waals surface area contributed by atoms with Gasteiger partial charge in [-0.15, -0.1) is 10.2 Å². The van der Waals surface area contributed by atoms with Crippen molar-refractivity contribution >= 4 is 28.3 Å². The molecule has 7 nitrogen and oxygen atoms in total. The number of nitrogens with zero attached hydrogens (tertiary/aromatic N) is 3. The first-order valence-corrected chi connectivity index (χ1v) is 8.44. The van der Waals surface area contributed by atoms with Crippen LogP contribution >= 0.6 is 11.3 Å². The molecule has 25 heavy (non-hydrogen) atoms. The maximum Gasteiger partial charge on any atom is 0.232 e. The van der Waals surface area contributed by atoms with Gasteiger partial charge in [0, 0.05) is 20.6 Å². The maximum atomic E-state index is 13.6. The SMILES string of the molecule is COCc1nnc(NC(=O)C2CC(=O)N(C)C2c2cccc(F)c2)s1. The minimum atomic E-state index is -0.630. The van der Waals surface area contributed by atoms with Crippen molar-refractivity contribution in [3.63, 3.8) is 0 Å². The molecule has 0 aliphatic carbocycles. The Morgan fingerprint density at radius 2 is 2.28 bits per heavy atom. The lowest BCUT2D eigenvalue weighted by Crippen LogP contribution is -2.30. The minimum absolute atomic E-state index is 0.0627. The summed E-state index contributed by atoms with van der Waals surface area (Å²) in [7, 11) is 3.16. The van der Waals surface area contributed by atoms with Crippen molar-refractivity contribution in [3.8, 4) is 0 Å². The molecule has 1 saturated heterocycles. The Kier molecular flexibility index (Phi) is 5.05. The van der Waals surface area contributed by atoms with Gasteiger partial charge >= 0.3 is 0 Å². The summed E-state index contributed by atoms with van der Waals surface area (Å²) in [6.07, 6.45) is 0.0627. The number of methoxy groups -OCH3 is 1. The number of aromatic nitrogens is 2. The summed E-state index contributed by atoms with van der Waals surface area (Å²) >= 11 is 1.21. The van der Waals surface area contributed by atoms with Crippen LogP contribution < -0.4 is 5.32 Å². The second-order valence-corrected chi connectivity index (χ2v) is 6.80. The number of hydrogen-bond acceptors (Lipinski definition) is 6. The van der Waals surface area contributed by atoms with Gasteiger partial charge in [0.05, 0.1) is 12.0 Å². The van der Waals surface area contributed by atoms with Gasteiger partial charge in [-0.25, -0.2) is 4.39 Å². The normalized spacial score (nSPS) is 20.1. The Bertz CT molecular complexity index is 797. The van der Waals surface area contributed by atoms with E-state index in [4.69, 9.17) is 4.74 Å². The van der Waals surface area contributed by atoms with Crippen LogP contribution in [0.25, 0.3) is 0 Å². The second-order valence-electron chi connectivity index (χ2n) is 5.74. The Morgan fingerprint density at radius 1 is 1.48 bits per heavy atom. The third-order valence-corrected chi connectivity index (χ3v) is 4.89. The smallest absolute Gasteiger partial charge is 0.232 e. The number of hydrogen-bond donors (Lipinski definition) is 1. The van der Waals surface area contributed by atoms with E-state index in [0.29, 0.717) is 22.3 Å². The lowest BCUT2D eigenvalue weighted by atomic mass is 9.93. The molecule has 9 heteroatoms. The lowest BCUT2D eigenvalue weighted by Gasteiger charge is -2.24. The van der Waals surface area contributed by atoms with Crippen molar-refractivity contribution in [2.75, 3.05) is 19.5 Å². The minimum Gasteiger partial charge on any atom is -0.377 e. The number of benzene rings is 1. The van der Waals surface area contributed by atoms with E-state index < -0.39 is 17.8 Å². The van der Waals surface area contributed by atoms with Gasteiger partial charge in [0.25, 0.3) is 0 Å². The van der Waals surface area contributed by atoms with E-state index in [1.807, 2.05) is 0 Å². The highest BCUT2D eigenvalue weighted by atomic mass is 32.1. The molecule has 1 N–H and O–H groups in total. The first-order chi connectivity index (χ1) is 12.0. The molecule has 2 unspecified atom stereocenters. The number of likely N-dealkylation sites (tertiary alicyclic amines) is 1. The standard InChI is InChI=1S/C16H17FN4O3S/c1-21-13(22)7-11(14(21)9-4-3-5-10(17)6-9)15(23)18-16-20-19-12(25-16)8-24-2/h3-6,11,14H,7-8H2,1-2H3,(H,18,20,23). The average Bonchev–Trinajstić information content (AvgIpc) is 3.13. The number of rotatable bonds is 5. The predicted molar refractivity (Wildman–Crippen MR) is 89.3 cm³/mol. The molecule has 2 atom stereocenters. The Labute approximate surface area is 147 Å². The van der Waals surface area contributed by atoms with E-state index >= 15 is 0 Å². The first kappa shape index (κ1) is 17.4. The highest BCUT2D eigenvalue weighted by Gasteiger charge is 2.43. The quantitative estimate of drug-likeness (QED) is 0.877. The molecule has 0 spiro atoms. The monoisotopic (exact) mass is 364 g/mol. The van der Waals surface area contributed by atoms with Crippen LogP contribution in [0.2, 0.25) is 0 Å². The maximum absolute atomic E-state index is 13.6. The van der Waals surface area contributed by atoms with E-state index in [0.717, 1.165) is 0 Å². The van der Waals surface area contributed by atoms with Gasteiger partial charge < -0.3 is 15.0 Å². The molecule has 2 amide bonds. The summed E-state index contributed by atoms with van der Waals surface area (Å²) in [5, 5.41) is 11.5. The van der Waals surface area contributed by atoms with Crippen molar-refractivity contribution in [2.45, 2.75) is 19.1 Å². The number of carbonyl (C=O) groups is 2. The fourth-order valence-electron chi connectivity index (χ4n) is 2.94. The van der Waals surface area contributed by atoms with E-state index in [1.165, 1.54) is 28.4 Å². The molecule has 132 valence electrons. The van der Waals surface area contributed by atoms with Gasteiger partial charge in [0.2, 0.25) is 16.9 Å². The molecule has 1 aromatic heterocycles. The number of amides is 2. The molecule has 2 heterocycles. The molecular formula is C16H17FN4O3S. The molecule has 1 aromatic carbocycles.